The Balaban J connectivity index is 1.53. The number of aromatic nitrogens is 4. The number of hydrogen-bond acceptors (Lipinski definition) is 6. The lowest BCUT2D eigenvalue weighted by atomic mass is 9.84. The second-order valence-corrected chi connectivity index (χ2v) is 8.99. The Morgan fingerprint density at radius 3 is 2.52 bits per heavy atom. The Bertz CT molecular complexity index is 1060. The summed E-state index contributed by atoms with van der Waals surface area (Å²) >= 11 is 12.4. The summed E-state index contributed by atoms with van der Waals surface area (Å²) in [5.41, 5.74) is -0.591. The maximum Gasteiger partial charge on any atom is 0.377 e. The first-order valence-corrected chi connectivity index (χ1v) is 11.8. The van der Waals surface area contributed by atoms with Crippen molar-refractivity contribution >= 4 is 35.1 Å². The molecule has 2 heterocycles. The van der Waals surface area contributed by atoms with Gasteiger partial charge in [-0.15, -0.1) is 4.68 Å². The predicted molar refractivity (Wildman–Crippen MR) is 122 cm³/mol. The Kier molecular flexibility index (Phi) is 7.35. The molecule has 0 radical (unpaired) electrons. The van der Waals surface area contributed by atoms with Crippen molar-refractivity contribution < 1.29 is 14.3 Å². The van der Waals surface area contributed by atoms with Crippen LogP contribution in [0.15, 0.2) is 23.0 Å². The van der Waals surface area contributed by atoms with Crippen molar-refractivity contribution in [2.75, 3.05) is 32.8 Å². The molecular formula is C21H26Cl2N6O4. The van der Waals surface area contributed by atoms with Gasteiger partial charge in [0.25, 0.3) is 0 Å². The molecule has 0 bridgehead atoms. The van der Waals surface area contributed by atoms with E-state index in [0.717, 1.165) is 28.6 Å². The van der Waals surface area contributed by atoms with E-state index in [1.807, 2.05) is 11.8 Å². The largest absolute Gasteiger partial charge is 0.378 e. The van der Waals surface area contributed by atoms with Crippen LogP contribution in [0, 0.1) is 5.92 Å². The standard InChI is InChI=1S/C21H26Cl2N6O4/c1-2-27(15-6-3-5-14(13-15)19(30)26-9-11-33-12-10-26)20(31)29-21(32)28(24-25-29)18-16(22)7-4-8-17(18)23/h4,7-8,14-15H,2-3,5-6,9-13H2,1H3. The molecule has 2 amide bonds. The predicted octanol–water partition coefficient (Wildman–Crippen LogP) is 2.44. The van der Waals surface area contributed by atoms with Gasteiger partial charge in [0.2, 0.25) is 5.91 Å². The molecule has 0 N–H and O–H groups in total. The smallest absolute Gasteiger partial charge is 0.377 e. The first-order valence-electron chi connectivity index (χ1n) is 11.1. The van der Waals surface area contributed by atoms with E-state index >= 15 is 0 Å². The molecule has 10 nitrogen and oxygen atoms in total. The van der Waals surface area contributed by atoms with Crippen LogP contribution in [0.5, 0.6) is 0 Å². The van der Waals surface area contributed by atoms with Crippen LogP contribution in [0.25, 0.3) is 5.69 Å². The van der Waals surface area contributed by atoms with Crippen LogP contribution in [-0.2, 0) is 9.53 Å². The van der Waals surface area contributed by atoms with E-state index in [4.69, 9.17) is 27.9 Å². The van der Waals surface area contributed by atoms with Crippen molar-refractivity contribution in [3.05, 3.63) is 38.7 Å². The minimum absolute atomic E-state index is 0.114. The van der Waals surface area contributed by atoms with Gasteiger partial charge in [-0.05, 0) is 48.7 Å². The highest BCUT2D eigenvalue weighted by Gasteiger charge is 2.36. The lowest BCUT2D eigenvalue weighted by Crippen LogP contribution is -2.50. The number of para-hydroxylation sites is 1. The fourth-order valence-corrected chi connectivity index (χ4v) is 5.14. The number of tetrazole rings is 1. The number of morpholine rings is 1. The summed E-state index contributed by atoms with van der Waals surface area (Å²) in [5, 5.41) is 8.04. The quantitative estimate of drug-likeness (QED) is 0.602. The molecule has 178 valence electrons. The van der Waals surface area contributed by atoms with E-state index in [1.54, 1.807) is 23.1 Å². The lowest BCUT2D eigenvalue weighted by Gasteiger charge is -2.38. The molecule has 2 aliphatic rings. The maximum atomic E-state index is 13.3. The van der Waals surface area contributed by atoms with Crippen LogP contribution in [0.4, 0.5) is 4.79 Å². The molecule has 2 atom stereocenters. The van der Waals surface area contributed by atoms with Crippen LogP contribution >= 0.6 is 23.2 Å². The molecule has 12 heteroatoms. The Labute approximate surface area is 201 Å². The summed E-state index contributed by atoms with van der Waals surface area (Å²) in [4.78, 5) is 42.7. The van der Waals surface area contributed by atoms with E-state index in [1.165, 1.54) is 0 Å². The summed E-state index contributed by atoms with van der Waals surface area (Å²) in [6.45, 7) is 4.50. The molecule has 4 rings (SSSR count). The first-order chi connectivity index (χ1) is 15.9. The second-order valence-electron chi connectivity index (χ2n) is 8.18. The zero-order valence-corrected chi connectivity index (χ0v) is 19.8. The molecule has 0 spiro atoms. The number of nitrogens with zero attached hydrogens (tertiary/aromatic N) is 6. The number of carbonyl (C=O) groups excluding carboxylic acids is 2. The highest BCUT2D eigenvalue weighted by Crippen LogP contribution is 2.30. The SMILES string of the molecule is CCN(C(=O)n1nnn(-c2c(Cl)cccc2Cl)c1=O)C1CCCC(C(=O)N2CCOCC2)C1. The van der Waals surface area contributed by atoms with Gasteiger partial charge in [-0.2, -0.15) is 4.68 Å². The van der Waals surface area contributed by atoms with E-state index in [-0.39, 0.29) is 33.6 Å². The molecule has 1 saturated heterocycles. The van der Waals surface area contributed by atoms with Crippen LogP contribution < -0.4 is 5.69 Å². The molecule has 2 fully saturated rings. The lowest BCUT2D eigenvalue weighted by molar-refractivity contribution is -0.141. The van der Waals surface area contributed by atoms with Gasteiger partial charge >= 0.3 is 11.7 Å². The Hall–Kier alpha value is -2.43. The van der Waals surface area contributed by atoms with E-state index in [2.05, 4.69) is 10.4 Å². The average Bonchev–Trinajstić information content (AvgIpc) is 3.20. The molecule has 1 aromatic heterocycles. The van der Waals surface area contributed by atoms with E-state index in [9.17, 15) is 14.4 Å². The molecule has 33 heavy (non-hydrogen) atoms. The molecule has 2 unspecified atom stereocenters. The zero-order chi connectivity index (χ0) is 23.5. The van der Waals surface area contributed by atoms with Crippen LogP contribution in [-0.4, -0.2) is 80.4 Å². The summed E-state index contributed by atoms with van der Waals surface area (Å²) in [5.74, 6) is -0.0407. The first kappa shape index (κ1) is 23.7. The third-order valence-corrected chi connectivity index (χ3v) is 6.87. The number of benzene rings is 1. The van der Waals surface area contributed by atoms with Gasteiger partial charge in [-0.3, -0.25) is 4.79 Å². The summed E-state index contributed by atoms with van der Waals surface area (Å²) in [7, 11) is 0. The van der Waals surface area contributed by atoms with Gasteiger partial charge in [-0.1, -0.05) is 35.7 Å². The minimum Gasteiger partial charge on any atom is -0.378 e. The molecule has 1 aliphatic heterocycles. The van der Waals surface area contributed by atoms with Gasteiger partial charge in [-0.25, -0.2) is 9.59 Å². The highest BCUT2D eigenvalue weighted by molar-refractivity contribution is 6.37. The third kappa shape index (κ3) is 4.78. The van der Waals surface area contributed by atoms with Crippen molar-refractivity contribution in [3.8, 4) is 5.69 Å². The maximum absolute atomic E-state index is 13.3. The van der Waals surface area contributed by atoms with Crippen LogP contribution in [0.2, 0.25) is 10.0 Å². The molecule has 1 aliphatic carbocycles. The monoisotopic (exact) mass is 496 g/mol. The Morgan fingerprint density at radius 2 is 1.85 bits per heavy atom. The third-order valence-electron chi connectivity index (χ3n) is 6.26. The van der Waals surface area contributed by atoms with Crippen molar-refractivity contribution in [3.63, 3.8) is 0 Å². The molecule has 1 saturated carbocycles. The summed E-state index contributed by atoms with van der Waals surface area (Å²) < 4.78 is 6.98. The van der Waals surface area contributed by atoms with Crippen molar-refractivity contribution in [1.82, 2.24) is 29.6 Å². The number of amides is 2. The fourth-order valence-electron chi connectivity index (χ4n) is 4.58. The van der Waals surface area contributed by atoms with Gasteiger partial charge in [0, 0.05) is 31.6 Å². The van der Waals surface area contributed by atoms with Gasteiger partial charge in [0.15, 0.2) is 0 Å². The normalized spacial score (nSPS) is 21.1. The average molecular weight is 497 g/mol. The van der Waals surface area contributed by atoms with E-state index in [0.29, 0.717) is 39.3 Å². The number of rotatable bonds is 4. The van der Waals surface area contributed by atoms with Crippen molar-refractivity contribution in [2.45, 2.75) is 38.6 Å². The van der Waals surface area contributed by atoms with E-state index < -0.39 is 11.7 Å². The van der Waals surface area contributed by atoms with Crippen LogP contribution in [0.1, 0.15) is 32.6 Å². The van der Waals surface area contributed by atoms with Gasteiger partial charge in [0.1, 0.15) is 5.69 Å². The van der Waals surface area contributed by atoms with Crippen LogP contribution in [0.3, 0.4) is 0 Å². The number of halogens is 2. The molecule has 2 aromatic rings. The summed E-state index contributed by atoms with van der Waals surface area (Å²) in [6, 6.07) is 4.03. The van der Waals surface area contributed by atoms with Crippen molar-refractivity contribution in [1.29, 1.82) is 0 Å². The number of hydrogen-bond donors (Lipinski definition) is 0. The fraction of sp³-hybridized carbons (Fsp3) is 0.571. The highest BCUT2D eigenvalue weighted by atomic mass is 35.5. The zero-order valence-electron chi connectivity index (χ0n) is 18.3. The van der Waals surface area contributed by atoms with Crippen molar-refractivity contribution in [2.24, 2.45) is 5.92 Å². The Morgan fingerprint density at radius 1 is 1.15 bits per heavy atom. The molecule has 1 aromatic carbocycles. The summed E-state index contributed by atoms with van der Waals surface area (Å²) in [6.07, 6.45) is 2.92. The topological polar surface area (TPSA) is 103 Å². The minimum atomic E-state index is -0.759. The van der Waals surface area contributed by atoms with Gasteiger partial charge in [0.05, 0.1) is 23.3 Å². The van der Waals surface area contributed by atoms with Gasteiger partial charge < -0.3 is 14.5 Å². The number of carbonyl (C=O) groups is 2. The number of ether oxygens (including phenoxy) is 1. The molecular weight excluding hydrogens is 471 g/mol. The second kappa shape index (κ2) is 10.2.